The summed E-state index contributed by atoms with van der Waals surface area (Å²) < 4.78 is 35.1. The molecule has 3 aromatic heterocycles. The zero-order valence-corrected chi connectivity index (χ0v) is 17.9. The third kappa shape index (κ3) is 4.24. The highest BCUT2D eigenvalue weighted by Crippen LogP contribution is 2.25. The number of carbonyl (C=O) groups is 1. The number of aryl methyl sites for hydroxylation is 1. The molecule has 0 fully saturated rings. The van der Waals surface area contributed by atoms with Gasteiger partial charge in [-0.3, -0.25) is 9.20 Å². The van der Waals surface area contributed by atoms with Crippen LogP contribution in [0.5, 0.6) is 5.75 Å². The minimum atomic E-state index is -1.23. The van der Waals surface area contributed by atoms with E-state index in [0.29, 0.717) is 11.3 Å². The summed E-state index contributed by atoms with van der Waals surface area (Å²) in [7, 11) is 0. The molecule has 1 unspecified atom stereocenters. The van der Waals surface area contributed by atoms with Gasteiger partial charge >= 0.3 is 0 Å². The lowest BCUT2D eigenvalue weighted by Gasteiger charge is -2.26. The maximum absolute atomic E-state index is 13.9. The van der Waals surface area contributed by atoms with Gasteiger partial charge in [0.1, 0.15) is 29.5 Å². The Morgan fingerprint density at radius 3 is 2.52 bits per heavy atom. The Kier molecular flexibility index (Phi) is 6.01. The Bertz CT molecular complexity index is 1290. The largest absolute Gasteiger partial charge is 0.485 e. The highest BCUT2D eigenvalue weighted by Gasteiger charge is 2.33. The SMILES string of the molecule is Cc1nc2c(OCc3c(F)cccc3F)cccn2c1C(=O)NC(C)(CO)c1ncccn1. The predicted molar refractivity (Wildman–Crippen MR) is 115 cm³/mol. The summed E-state index contributed by atoms with van der Waals surface area (Å²) in [5.41, 5.74) is -0.523. The molecule has 2 N–H and O–H groups in total. The summed E-state index contributed by atoms with van der Waals surface area (Å²) in [6.07, 6.45) is 4.66. The van der Waals surface area contributed by atoms with Crippen molar-refractivity contribution in [3.8, 4) is 5.75 Å². The third-order valence-corrected chi connectivity index (χ3v) is 5.20. The second kappa shape index (κ2) is 8.91. The minimum Gasteiger partial charge on any atom is -0.485 e. The number of rotatable bonds is 7. The van der Waals surface area contributed by atoms with Crippen LogP contribution in [-0.2, 0) is 12.1 Å². The molecular formula is C23H21F2N5O3. The number of fused-ring (bicyclic) bond motifs is 1. The van der Waals surface area contributed by atoms with Gasteiger partial charge in [0.25, 0.3) is 5.91 Å². The molecule has 0 saturated carbocycles. The number of benzene rings is 1. The van der Waals surface area contributed by atoms with E-state index in [1.165, 1.54) is 22.9 Å². The van der Waals surface area contributed by atoms with Crippen LogP contribution in [0.1, 0.15) is 34.5 Å². The highest BCUT2D eigenvalue weighted by atomic mass is 19.1. The van der Waals surface area contributed by atoms with Crippen molar-refractivity contribution in [3.05, 3.63) is 89.4 Å². The number of aliphatic hydroxyl groups is 1. The van der Waals surface area contributed by atoms with Gasteiger partial charge in [-0.2, -0.15) is 0 Å². The number of nitrogens with zero attached hydrogens (tertiary/aromatic N) is 4. The van der Waals surface area contributed by atoms with E-state index in [9.17, 15) is 18.7 Å². The number of hydrogen-bond acceptors (Lipinski definition) is 6. The van der Waals surface area contributed by atoms with Crippen LogP contribution in [-0.4, -0.2) is 37.0 Å². The van der Waals surface area contributed by atoms with Gasteiger partial charge in [-0.15, -0.1) is 0 Å². The molecule has 1 amide bonds. The van der Waals surface area contributed by atoms with Crippen LogP contribution in [0.2, 0.25) is 0 Å². The third-order valence-electron chi connectivity index (χ3n) is 5.20. The predicted octanol–water partition coefficient (Wildman–Crippen LogP) is 2.93. The Hall–Kier alpha value is -3.92. The summed E-state index contributed by atoms with van der Waals surface area (Å²) in [6.45, 7) is 2.48. The van der Waals surface area contributed by atoms with Crippen molar-refractivity contribution in [2.24, 2.45) is 0 Å². The van der Waals surface area contributed by atoms with Crippen LogP contribution in [0, 0.1) is 18.6 Å². The molecule has 170 valence electrons. The molecule has 4 rings (SSSR count). The normalized spacial score (nSPS) is 13.0. The number of aliphatic hydroxyl groups excluding tert-OH is 1. The fourth-order valence-electron chi connectivity index (χ4n) is 3.42. The van der Waals surface area contributed by atoms with Crippen molar-refractivity contribution in [1.29, 1.82) is 0 Å². The number of halogens is 2. The summed E-state index contributed by atoms with van der Waals surface area (Å²) in [4.78, 5) is 25.9. The lowest BCUT2D eigenvalue weighted by atomic mass is 10.0. The van der Waals surface area contributed by atoms with Crippen molar-refractivity contribution in [2.75, 3.05) is 6.61 Å². The van der Waals surface area contributed by atoms with Crippen LogP contribution in [0.3, 0.4) is 0 Å². The van der Waals surface area contributed by atoms with Crippen molar-refractivity contribution in [1.82, 2.24) is 24.7 Å². The number of carbonyl (C=O) groups excluding carboxylic acids is 1. The number of pyridine rings is 1. The van der Waals surface area contributed by atoms with E-state index in [-0.39, 0.29) is 29.4 Å². The summed E-state index contributed by atoms with van der Waals surface area (Å²) in [5, 5.41) is 12.7. The molecule has 4 aromatic rings. The molecule has 1 aromatic carbocycles. The fraction of sp³-hybridized carbons (Fsp3) is 0.217. The van der Waals surface area contributed by atoms with E-state index in [4.69, 9.17) is 4.74 Å². The van der Waals surface area contributed by atoms with Crippen molar-refractivity contribution in [3.63, 3.8) is 0 Å². The van der Waals surface area contributed by atoms with E-state index in [1.54, 1.807) is 38.2 Å². The lowest BCUT2D eigenvalue weighted by molar-refractivity contribution is 0.0832. The van der Waals surface area contributed by atoms with Crippen molar-refractivity contribution < 1.29 is 23.4 Å². The summed E-state index contributed by atoms with van der Waals surface area (Å²) >= 11 is 0. The Labute approximate surface area is 187 Å². The second-order valence-corrected chi connectivity index (χ2v) is 7.62. The number of hydrogen-bond donors (Lipinski definition) is 2. The number of aromatic nitrogens is 4. The molecule has 0 saturated heterocycles. The molecule has 0 spiro atoms. The topological polar surface area (TPSA) is 102 Å². The first kappa shape index (κ1) is 22.3. The zero-order chi connectivity index (χ0) is 23.6. The smallest absolute Gasteiger partial charge is 0.271 e. The average Bonchev–Trinajstić information content (AvgIpc) is 3.16. The first-order chi connectivity index (χ1) is 15.8. The van der Waals surface area contributed by atoms with Crippen LogP contribution in [0.15, 0.2) is 55.0 Å². The number of imidazole rings is 1. The second-order valence-electron chi connectivity index (χ2n) is 7.62. The first-order valence-electron chi connectivity index (χ1n) is 10.1. The molecule has 8 nitrogen and oxygen atoms in total. The van der Waals surface area contributed by atoms with E-state index in [1.807, 2.05) is 0 Å². The standard InChI is InChI=1S/C23H21F2N5O3/c1-14-19(21(32)29-23(2,13-31)22-26-9-5-10-27-22)30-11-4-8-18(20(30)28-14)33-12-15-16(24)6-3-7-17(15)25/h3-11,31H,12-13H2,1-2H3,(H,29,32). The first-order valence-corrected chi connectivity index (χ1v) is 10.1. The number of amides is 1. The molecule has 33 heavy (non-hydrogen) atoms. The van der Waals surface area contributed by atoms with Gasteiger partial charge in [-0.25, -0.2) is 23.7 Å². The quantitative estimate of drug-likeness (QED) is 0.446. The van der Waals surface area contributed by atoms with Gasteiger partial charge in [-0.1, -0.05) is 6.07 Å². The van der Waals surface area contributed by atoms with E-state index in [0.717, 1.165) is 12.1 Å². The van der Waals surface area contributed by atoms with E-state index in [2.05, 4.69) is 20.3 Å². The molecule has 1 atom stereocenters. The minimum absolute atomic E-state index is 0.206. The molecule has 0 aliphatic carbocycles. The monoisotopic (exact) mass is 453 g/mol. The van der Waals surface area contributed by atoms with E-state index >= 15 is 0 Å². The molecule has 3 heterocycles. The van der Waals surface area contributed by atoms with Gasteiger partial charge < -0.3 is 15.2 Å². The van der Waals surface area contributed by atoms with Gasteiger partial charge in [0.2, 0.25) is 0 Å². The highest BCUT2D eigenvalue weighted by molar-refractivity contribution is 5.95. The zero-order valence-electron chi connectivity index (χ0n) is 17.9. The van der Waals surface area contributed by atoms with Crippen LogP contribution in [0.4, 0.5) is 8.78 Å². The van der Waals surface area contributed by atoms with Gasteiger partial charge in [0.15, 0.2) is 17.2 Å². The molecule has 0 aliphatic heterocycles. The molecule has 0 aliphatic rings. The van der Waals surface area contributed by atoms with Gasteiger partial charge in [0, 0.05) is 18.6 Å². The number of ether oxygens (including phenoxy) is 1. The molecule has 0 bridgehead atoms. The Balaban J connectivity index is 1.64. The molecular weight excluding hydrogens is 432 g/mol. The van der Waals surface area contributed by atoms with Crippen molar-refractivity contribution in [2.45, 2.75) is 26.0 Å². The Morgan fingerprint density at radius 1 is 1.15 bits per heavy atom. The number of nitrogens with one attached hydrogen (secondary N) is 1. The average molecular weight is 453 g/mol. The summed E-state index contributed by atoms with van der Waals surface area (Å²) in [6, 6.07) is 8.43. The van der Waals surface area contributed by atoms with Crippen molar-refractivity contribution >= 4 is 11.6 Å². The van der Waals surface area contributed by atoms with Gasteiger partial charge in [-0.05, 0) is 44.2 Å². The maximum Gasteiger partial charge on any atom is 0.271 e. The van der Waals surface area contributed by atoms with Crippen LogP contribution >= 0.6 is 0 Å². The van der Waals surface area contributed by atoms with Gasteiger partial charge in [0.05, 0.1) is 17.9 Å². The fourth-order valence-corrected chi connectivity index (χ4v) is 3.42. The summed E-state index contributed by atoms with van der Waals surface area (Å²) in [5.74, 6) is -1.44. The molecule has 10 heteroatoms. The maximum atomic E-state index is 13.9. The van der Waals surface area contributed by atoms with E-state index < -0.39 is 29.7 Å². The Morgan fingerprint density at radius 2 is 1.85 bits per heavy atom. The molecule has 0 radical (unpaired) electrons. The van der Waals surface area contributed by atoms with Crippen LogP contribution in [0.25, 0.3) is 5.65 Å². The van der Waals surface area contributed by atoms with Crippen LogP contribution < -0.4 is 10.1 Å². The lowest BCUT2D eigenvalue weighted by Crippen LogP contribution is -2.48.